The molecule has 0 aromatic heterocycles. The summed E-state index contributed by atoms with van der Waals surface area (Å²) in [5, 5.41) is 0. The molecule has 24 valence electrons. The summed E-state index contributed by atoms with van der Waals surface area (Å²) < 4.78 is 0.389. The number of hydrogen-bond acceptors (Lipinski definition) is 1. The van der Waals surface area contributed by atoms with Crippen LogP contribution in [0.3, 0.4) is 0 Å². The number of rotatable bonds is 0. The smallest absolute Gasteiger partial charge is 0.125 e. The van der Waals surface area contributed by atoms with Crippen molar-refractivity contribution in [3.63, 3.8) is 0 Å². The van der Waals surface area contributed by atoms with Crippen LogP contribution in [0.25, 0.3) is 0 Å². The topological polar surface area (TPSA) is 0 Å². The summed E-state index contributed by atoms with van der Waals surface area (Å²) in [6.07, 6.45) is 0. The molecule has 0 unspecified atom stereocenters. The molecule has 0 amide bonds. The van der Waals surface area contributed by atoms with Crippen molar-refractivity contribution in [2.24, 2.45) is 0 Å². The zero-order chi connectivity index (χ0) is 3.58. The van der Waals surface area contributed by atoms with Gasteiger partial charge in [0.1, 0.15) is 0 Å². The zero-order valence-electron chi connectivity index (χ0n) is 3.80. The van der Waals surface area contributed by atoms with E-state index in [4.69, 9.17) is 0 Å². The quantitative estimate of drug-likeness (QED) is 0.201. The van der Waals surface area contributed by atoms with Crippen molar-refractivity contribution in [2.75, 3.05) is 0 Å². The van der Waals surface area contributed by atoms with E-state index >= 15 is 0 Å². The van der Waals surface area contributed by atoms with Crippen molar-refractivity contribution in [3.8, 4) is 0 Å². The van der Waals surface area contributed by atoms with Gasteiger partial charge < -0.3 is 0 Å². The molecule has 5 heteroatoms. The monoisotopic (exact) mass is 156 g/mol. The summed E-state index contributed by atoms with van der Waals surface area (Å²) in [6, 6.07) is 0. The van der Waals surface area contributed by atoms with Gasteiger partial charge in [0.15, 0.2) is 0 Å². The van der Waals surface area contributed by atoms with Crippen molar-refractivity contribution >= 4 is 41.0 Å². The first-order valence-electron chi connectivity index (χ1n) is 0.651. The van der Waals surface area contributed by atoms with E-state index in [-0.39, 0.29) is 59.1 Å². The second kappa shape index (κ2) is 10.7. The predicted molar refractivity (Wildman–Crippen MR) is 30.6 cm³/mol. The molecule has 0 rings (SSSR count). The molecule has 0 nitrogen and oxygen atoms in total. The molecule has 0 radical (unpaired) electrons. The van der Waals surface area contributed by atoms with Crippen molar-refractivity contribution in [1.29, 1.82) is 0 Å². The Morgan fingerprint density at radius 3 is 1.17 bits per heavy atom. The summed E-state index contributed by atoms with van der Waals surface area (Å²) in [4.78, 5) is 0. The molecule has 0 atom stereocenters. The Bertz CT molecular complexity index is 31.8. The van der Waals surface area contributed by atoms with Gasteiger partial charge in [-0.1, -0.05) is 12.2 Å². The SMILES string of the molecule is S=C(S)S.[Na+].[Na+]. The Morgan fingerprint density at radius 2 is 1.17 bits per heavy atom. The van der Waals surface area contributed by atoms with E-state index < -0.39 is 0 Å². The maximum Gasteiger partial charge on any atom is 1.00 e. The molecule has 0 bridgehead atoms. The molecule has 0 aliphatic rings. The van der Waals surface area contributed by atoms with E-state index in [9.17, 15) is 0 Å². The van der Waals surface area contributed by atoms with Crippen LogP contribution in [0.15, 0.2) is 0 Å². The molecule has 0 aliphatic carbocycles. The predicted octanol–water partition coefficient (Wildman–Crippen LogP) is -4.86. The summed E-state index contributed by atoms with van der Waals surface area (Å²) in [7, 11) is 0. The van der Waals surface area contributed by atoms with E-state index in [0.717, 1.165) is 0 Å². The van der Waals surface area contributed by atoms with Crippen molar-refractivity contribution in [3.05, 3.63) is 0 Å². The van der Waals surface area contributed by atoms with Crippen LogP contribution in [-0.4, -0.2) is 3.53 Å². The third-order valence-corrected chi connectivity index (χ3v) is 0. The summed E-state index contributed by atoms with van der Waals surface area (Å²) in [6.45, 7) is 0. The van der Waals surface area contributed by atoms with Gasteiger partial charge in [-0.2, -0.15) is 0 Å². The van der Waals surface area contributed by atoms with E-state index in [1.165, 1.54) is 0 Å². The third-order valence-electron chi connectivity index (χ3n) is 0. The van der Waals surface area contributed by atoms with E-state index in [2.05, 4.69) is 37.5 Å². The minimum absolute atomic E-state index is 0. The fourth-order valence-electron chi connectivity index (χ4n) is 0. The second-order valence-corrected chi connectivity index (χ2v) is 2.54. The molecule has 0 saturated carbocycles. The van der Waals surface area contributed by atoms with Crippen LogP contribution in [0.2, 0.25) is 0 Å². The molecule has 0 saturated heterocycles. The van der Waals surface area contributed by atoms with Crippen LogP contribution in [0.1, 0.15) is 0 Å². The van der Waals surface area contributed by atoms with Crippen LogP contribution in [-0.2, 0) is 0 Å². The van der Waals surface area contributed by atoms with Gasteiger partial charge in [-0.25, -0.2) is 0 Å². The fraction of sp³-hybridized carbons (Fsp3) is 0. The standard InChI is InChI=1S/CH2S3.2Na/c2-1(3)4;;/h(H2,2,3,4);;/q;2*+1. The van der Waals surface area contributed by atoms with Gasteiger partial charge in [0.2, 0.25) is 0 Å². The van der Waals surface area contributed by atoms with Crippen molar-refractivity contribution in [2.45, 2.75) is 0 Å². The Hall–Kier alpha value is 2.79. The summed E-state index contributed by atoms with van der Waals surface area (Å²) in [5.74, 6) is 0. The Balaban J connectivity index is -0.0000000450. The normalized spacial score (nSPS) is 4.33. The average Bonchev–Trinajstić information content (AvgIpc) is 0.811. The number of thiol groups is 2. The van der Waals surface area contributed by atoms with E-state index in [1.54, 1.807) is 0 Å². The summed E-state index contributed by atoms with van der Waals surface area (Å²) >= 11 is 11.4. The van der Waals surface area contributed by atoms with Gasteiger partial charge in [-0.3, -0.25) is 0 Å². The Labute approximate surface area is 98.2 Å². The van der Waals surface area contributed by atoms with Crippen LogP contribution < -0.4 is 59.1 Å². The average molecular weight is 156 g/mol. The van der Waals surface area contributed by atoms with Crippen LogP contribution in [0.4, 0.5) is 0 Å². The van der Waals surface area contributed by atoms with Gasteiger partial charge in [-0.05, 0) is 0 Å². The molecule has 0 spiro atoms. The van der Waals surface area contributed by atoms with E-state index in [1.807, 2.05) is 0 Å². The maximum atomic E-state index is 4.27. The largest absolute Gasteiger partial charge is 1.00 e. The number of thiocarbonyl (C=S) groups is 1. The first-order valence-corrected chi connectivity index (χ1v) is 1.95. The van der Waals surface area contributed by atoms with Gasteiger partial charge in [0.25, 0.3) is 0 Å². The van der Waals surface area contributed by atoms with Crippen LogP contribution in [0.5, 0.6) is 0 Å². The Kier molecular flexibility index (Phi) is 28.4. The summed E-state index contributed by atoms with van der Waals surface area (Å²) in [5.41, 5.74) is 0. The molecule has 0 aromatic rings. The van der Waals surface area contributed by atoms with Gasteiger partial charge >= 0.3 is 59.1 Å². The fourth-order valence-corrected chi connectivity index (χ4v) is 0. The van der Waals surface area contributed by atoms with E-state index in [0.29, 0.717) is 3.53 Å². The third kappa shape index (κ3) is 29.2. The molecule has 0 aliphatic heterocycles. The molecule has 0 fully saturated rings. The van der Waals surface area contributed by atoms with Crippen molar-refractivity contribution < 1.29 is 59.1 Å². The molecule has 6 heavy (non-hydrogen) atoms. The minimum Gasteiger partial charge on any atom is -0.125 e. The van der Waals surface area contributed by atoms with Crippen LogP contribution in [0, 0.1) is 0 Å². The first kappa shape index (κ1) is 15.9. The van der Waals surface area contributed by atoms with Gasteiger partial charge in [0, 0.05) is 0 Å². The molecular formula is CH2Na2S3+2. The molecule has 0 heterocycles. The van der Waals surface area contributed by atoms with Gasteiger partial charge in [-0.15, -0.1) is 25.3 Å². The first-order chi connectivity index (χ1) is 1.73. The molecule has 0 N–H and O–H groups in total. The minimum atomic E-state index is 0. The van der Waals surface area contributed by atoms with Crippen molar-refractivity contribution in [1.82, 2.24) is 0 Å². The number of hydrogen-bond donors (Lipinski definition) is 2. The zero-order valence-corrected chi connectivity index (χ0v) is 10.4. The maximum absolute atomic E-state index is 4.27. The molecular weight excluding hydrogens is 154 g/mol. The molecule has 0 aromatic carbocycles. The second-order valence-electron chi connectivity index (χ2n) is 0.283. The van der Waals surface area contributed by atoms with Gasteiger partial charge in [0.05, 0.1) is 3.53 Å². The van der Waals surface area contributed by atoms with Crippen LogP contribution >= 0.6 is 37.5 Å². The Morgan fingerprint density at radius 1 is 1.17 bits per heavy atom.